The van der Waals surface area contributed by atoms with Crippen LogP contribution >= 0.6 is 0 Å². The first-order valence-electron chi connectivity index (χ1n) is 5.69. The van der Waals surface area contributed by atoms with E-state index in [0.717, 1.165) is 0 Å². The molecular formula is C12H15N3O4. The number of carbonyl (C=O) groups is 2. The molecule has 1 unspecified atom stereocenters. The molecule has 0 spiro atoms. The van der Waals surface area contributed by atoms with Gasteiger partial charge in [-0.05, 0) is 19.9 Å². The van der Waals surface area contributed by atoms with E-state index in [9.17, 15) is 9.59 Å². The van der Waals surface area contributed by atoms with Crippen LogP contribution < -0.4 is 10.1 Å². The number of carboxylic acids is 1. The zero-order valence-electron chi connectivity index (χ0n) is 10.7. The summed E-state index contributed by atoms with van der Waals surface area (Å²) in [5.74, 6) is -1.59. The standard InChI is InChI=1S/C12H15N3O4/c1-3-19-12-13-6-9(7-14-12)4-5-10(16)15-8(2)11(17)18/h4-8H,3H2,1-2H3,(H,15,16)(H,17,18)/b5-4+. The fourth-order valence-corrected chi connectivity index (χ4v) is 1.11. The molecule has 0 aliphatic rings. The maximum absolute atomic E-state index is 11.4. The molecule has 1 aromatic rings. The summed E-state index contributed by atoms with van der Waals surface area (Å²) >= 11 is 0. The van der Waals surface area contributed by atoms with Crippen LogP contribution in [0.15, 0.2) is 18.5 Å². The molecule has 0 bridgehead atoms. The van der Waals surface area contributed by atoms with Crippen molar-refractivity contribution in [2.24, 2.45) is 0 Å². The Bertz CT molecular complexity index is 470. The Morgan fingerprint density at radius 2 is 2.11 bits per heavy atom. The Morgan fingerprint density at radius 1 is 1.47 bits per heavy atom. The van der Waals surface area contributed by atoms with Gasteiger partial charge in [-0.25, -0.2) is 9.97 Å². The predicted molar refractivity (Wildman–Crippen MR) is 67.5 cm³/mol. The Morgan fingerprint density at radius 3 is 2.63 bits per heavy atom. The molecule has 1 aromatic heterocycles. The molecule has 1 heterocycles. The van der Waals surface area contributed by atoms with Crippen molar-refractivity contribution in [1.29, 1.82) is 0 Å². The average molecular weight is 265 g/mol. The van der Waals surface area contributed by atoms with Crippen molar-refractivity contribution in [3.8, 4) is 6.01 Å². The first-order chi connectivity index (χ1) is 9.02. The Labute approximate surface area is 110 Å². The van der Waals surface area contributed by atoms with Crippen molar-refractivity contribution >= 4 is 18.0 Å². The van der Waals surface area contributed by atoms with E-state index in [4.69, 9.17) is 9.84 Å². The largest absolute Gasteiger partial charge is 0.480 e. The van der Waals surface area contributed by atoms with E-state index < -0.39 is 17.9 Å². The number of rotatable bonds is 6. The number of ether oxygens (including phenoxy) is 1. The van der Waals surface area contributed by atoms with E-state index in [0.29, 0.717) is 12.2 Å². The van der Waals surface area contributed by atoms with Gasteiger partial charge in [0.05, 0.1) is 6.61 Å². The van der Waals surface area contributed by atoms with Crippen molar-refractivity contribution in [2.45, 2.75) is 19.9 Å². The minimum Gasteiger partial charge on any atom is -0.480 e. The van der Waals surface area contributed by atoms with Crippen LogP contribution in [0.25, 0.3) is 6.08 Å². The van der Waals surface area contributed by atoms with Gasteiger partial charge in [0.15, 0.2) is 0 Å². The van der Waals surface area contributed by atoms with Crippen LogP contribution in [-0.4, -0.2) is 39.6 Å². The summed E-state index contributed by atoms with van der Waals surface area (Å²) in [4.78, 5) is 29.8. The first kappa shape index (κ1) is 14.6. The number of aromatic nitrogens is 2. The van der Waals surface area contributed by atoms with Crippen LogP contribution in [0.3, 0.4) is 0 Å². The highest BCUT2D eigenvalue weighted by molar-refractivity contribution is 5.94. The van der Waals surface area contributed by atoms with Gasteiger partial charge in [0.2, 0.25) is 5.91 Å². The summed E-state index contributed by atoms with van der Waals surface area (Å²) in [7, 11) is 0. The van der Waals surface area contributed by atoms with Crippen LogP contribution in [0.4, 0.5) is 0 Å². The van der Waals surface area contributed by atoms with Crippen molar-refractivity contribution in [3.63, 3.8) is 0 Å². The summed E-state index contributed by atoms with van der Waals surface area (Å²) in [5.41, 5.74) is 0.613. The highest BCUT2D eigenvalue weighted by Crippen LogP contribution is 2.04. The number of carboxylic acid groups (broad SMARTS) is 1. The van der Waals surface area contributed by atoms with Gasteiger partial charge in [-0.15, -0.1) is 0 Å². The summed E-state index contributed by atoms with van der Waals surface area (Å²) in [6, 6.07) is -0.669. The molecule has 7 heteroatoms. The van der Waals surface area contributed by atoms with E-state index >= 15 is 0 Å². The molecule has 1 amide bonds. The van der Waals surface area contributed by atoms with Gasteiger partial charge in [-0.2, -0.15) is 0 Å². The second-order valence-corrected chi connectivity index (χ2v) is 3.63. The second-order valence-electron chi connectivity index (χ2n) is 3.63. The Hall–Kier alpha value is -2.44. The number of aliphatic carboxylic acids is 1. The SMILES string of the molecule is CCOc1ncc(/C=C/C(=O)NC(C)C(=O)O)cn1. The zero-order chi connectivity index (χ0) is 14.3. The molecule has 2 N–H and O–H groups in total. The molecule has 0 aromatic carbocycles. The van der Waals surface area contributed by atoms with E-state index in [1.807, 2.05) is 6.92 Å². The lowest BCUT2D eigenvalue weighted by Gasteiger charge is -2.05. The molecule has 19 heavy (non-hydrogen) atoms. The maximum Gasteiger partial charge on any atom is 0.325 e. The monoisotopic (exact) mass is 265 g/mol. The van der Waals surface area contributed by atoms with Gasteiger partial charge in [0.25, 0.3) is 0 Å². The summed E-state index contributed by atoms with van der Waals surface area (Å²) in [5, 5.41) is 10.9. The van der Waals surface area contributed by atoms with Crippen LogP contribution in [-0.2, 0) is 9.59 Å². The quantitative estimate of drug-likeness (QED) is 0.725. The third-order valence-corrected chi connectivity index (χ3v) is 2.08. The third-order valence-electron chi connectivity index (χ3n) is 2.08. The molecule has 0 saturated carbocycles. The van der Waals surface area contributed by atoms with Gasteiger partial charge >= 0.3 is 12.0 Å². The number of nitrogens with zero attached hydrogens (tertiary/aromatic N) is 2. The van der Waals surface area contributed by atoms with Gasteiger partial charge in [0, 0.05) is 24.0 Å². The lowest BCUT2D eigenvalue weighted by Crippen LogP contribution is -2.37. The predicted octanol–water partition coefficient (Wildman–Crippen LogP) is 0.478. The molecule has 102 valence electrons. The smallest absolute Gasteiger partial charge is 0.325 e. The number of nitrogens with one attached hydrogen (secondary N) is 1. The molecule has 0 radical (unpaired) electrons. The average Bonchev–Trinajstić information content (AvgIpc) is 2.38. The van der Waals surface area contributed by atoms with Gasteiger partial charge in [0.1, 0.15) is 6.04 Å². The van der Waals surface area contributed by atoms with Crippen molar-refractivity contribution < 1.29 is 19.4 Å². The molecule has 7 nitrogen and oxygen atoms in total. The lowest BCUT2D eigenvalue weighted by atomic mass is 10.3. The topological polar surface area (TPSA) is 101 Å². The van der Waals surface area contributed by atoms with Crippen molar-refractivity contribution in [1.82, 2.24) is 15.3 Å². The number of hydrogen-bond donors (Lipinski definition) is 2. The molecule has 1 atom stereocenters. The first-order valence-corrected chi connectivity index (χ1v) is 5.69. The van der Waals surface area contributed by atoms with Crippen LogP contribution in [0.1, 0.15) is 19.4 Å². The normalized spacial score (nSPS) is 12.1. The third kappa shape index (κ3) is 5.15. The fraction of sp³-hybridized carbons (Fsp3) is 0.333. The van der Waals surface area contributed by atoms with E-state index in [2.05, 4.69) is 15.3 Å². The minimum absolute atomic E-state index is 0.267. The molecule has 1 rings (SSSR count). The van der Waals surface area contributed by atoms with Crippen LogP contribution in [0.5, 0.6) is 6.01 Å². The summed E-state index contributed by atoms with van der Waals surface area (Å²) in [6.45, 7) is 3.68. The highest BCUT2D eigenvalue weighted by atomic mass is 16.5. The maximum atomic E-state index is 11.4. The van der Waals surface area contributed by atoms with Gasteiger partial charge in [-0.3, -0.25) is 9.59 Å². The molecule has 0 saturated heterocycles. The number of hydrogen-bond acceptors (Lipinski definition) is 5. The highest BCUT2D eigenvalue weighted by Gasteiger charge is 2.11. The minimum atomic E-state index is -1.09. The Balaban J connectivity index is 2.56. The Kier molecular flexibility index (Phi) is 5.46. The van der Waals surface area contributed by atoms with E-state index in [1.54, 1.807) is 0 Å². The van der Waals surface area contributed by atoms with E-state index in [1.165, 1.54) is 31.5 Å². The molecule has 0 fully saturated rings. The van der Waals surface area contributed by atoms with Gasteiger partial charge < -0.3 is 15.2 Å². The number of amides is 1. The molecule has 0 aliphatic carbocycles. The van der Waals surface area contributed by atoms with Crippen LogP contribution in [0.2, 0.25) is 0 Å². The van der Waals surface area contributed by atoms with Crippen molar-refractivity contribution in [3.05, 3.63) is 24.0 Å². The van der Waals surface area contributed by atoms with Crippen LogP contribution in [0, 0.1) is 0 Å². The fourth-order valence-electron chi connectivity index (χ4n) is 1.11. The lowest BCUT2D eigenvalue weighted by molar-refractivity contribution is -0.140. The van der Waals surface area contributed by atoms with Gasteiger partial charge in [-0.1, -0.05) is 0 Å². The summed E-state index contributed by atoms with van der Waals surface area (Å²) in [6.07, 6.45) is 5.71. The van der Waals surface area contributed by atoms with E-state index in [-0.39, 0.29) is 6.01 Å². The molecule has 0 aliphatic heterocycles. The second kappa shape index (κ2) is 7.10. The van der Waals surface area contributed by atoms with Crippen molar-refractivity contribution in [2.75, 3.05) is 6.61 Å². The zero-order valence-corrected chi connectivity index (χ0v) is 10.7. The summed E-state index contributed by atoms with van der Waals surface area (Å²) < 4.78 is 5.07. The molecular weight excluding hydrogens is 250 g/mol. The number of carbonyl (C=O) groups excluding carboxylic acids is 1.